The van der Waals surface area contributed by atoms with Crippen molar-refractivity contribution in [3.05, 3.63) is 56.7 Å². The van der Waals surface area contributed by atoms with Crippen LogP contribution < -0.4 is 10.6 Å². The summed E-state index contributed by atoms with van der Waals surface area (Å²) in [4.78, 5) is 26.5. The second-order valence-electron chi connectivity index (χ2n) is 4.06. The Morgan fingerprint density at radius 3 is 2.81 bits per heavy atom. The van der Waals surface area contributed by atoms with Gasteiger partial charge in [0, 0.05) is 35.5 Å². The molecule has 1 aromatic heterocycles. The van der Waals surface area contributed by atoms with E-state index >= 15 is 0 Å². The van der Waals surface area contributed by atoms with Gasteiger partial charge in [-0.3, -0.25) is 14.9 Å². The van der Waals surface area contributed by atoms with Crippen LogP contribution in [0.3, 0.4) is 0 Å². The van der Waals surface area contributed by atoms with Crippen molar-refractivity contribution in [1.29, 1.82) is 0 Å². The van der Waals surface area contributed by atoms with E-state index in [0.29, 0.717) is 21.5 Å². The molecule has 0 radical (unpaired) electrons. The zero-order chi connectivity index (χ0) is 15.4. The molecular weight excluding hydrogens is 340 g/mol. The maximum atomic E-state index is 12.2. The van der Waals surface area contributed by atoms with Crippen LogP contribution in [-0.4, -0.2) is 22.9 Å². The Bertz CT molecular complexity index is 706. The van der Waals surface area contributed by atoms with Gasteiger partial charge < -0.3 is 10.6 Å². The molecule has 0 saturated carbocycles. The number of nitro benzene ring substituents is 1. The third kappa shape index (κ3) is 3.54. The molecular formula is C13H11BrN4O3. The highest BCUT2D eigenvalue weighted by Gasteiger charge is 2.14. The zero-order valence-electron chi connectivity index (χ0n) is 11.0. The van der Waals surface area contributed by atoms with Crippen LogP contribution in [0.15, 0.2) is 41.0 Å². The van der Waals surface area contributed by atoms with Crippen LogP contribution in [0.5, 0.6) is 0 Å². The van der Waals surface area contributed by atoms with Crippen LogP contribution in [0.4, 0.5) is 17.2 Å². The summed E-state index contributed by atoms with van der Waals surface area (Å²) in [5.74, 6) is 0.00905. The molecule has 7 nitrogen and oxygen atoms in total. The van der Waals surface area contributed by atoms with Gasteiger partial charge in [-0.2, -0.15) is 0 Å². The van der Waals surface area contributed by atoms with Crippen molar-refractivity contribution < 1.29 is 9.72 Å². The molecule has 1 amide bonds. The van der Waals surface area contributed by atoms with Gasteiger partial charge in [0.2, 0.25) is 0 Å². The maximum Gasteiger partial charge on any atom is 0.271 e. The third-order valence-electron chi connectivity index (χ3n) is 2.65. The van der Waals surface area contributed by atoms with E-state index in [1.54, 1.807) is 25.4 Å². The van der Waals surface area contributed by atoms with Crippen molar-refractivity contribution in [1.82, 2.24) is 4.98 Å². The fourth-order valence-corrected chi connectivity index (χ4v) is 2.04. The topological polar surface area (TPSA) is 97.2 Å². The van der Waals surface area contributed by atoms with Crippen LogP contribution in [0.25, 0.3) is 0 Å². The average Bonchev–Trinajstić information content (AvgIpc) is 2.47. The average molecular weight is 351 g/mol. The van der Waals surface area contributed by atoms with E-state index in [2.05, 4.69) is 31.5 Å². The molecule has 0 spiro atoms. The summed E-state index contributed by atoms with van der Waals surface area (Å²) in [5, 5.41) is 16.1. The molecule has 2 N–H and O–H groups in total. The number of pyridine rings is 1. The Morgan fingerprint density at radius 2 is 2.14 bits per heavy atom. The van der Waals surface area contributed by atoms with Crippen molar-refractivity contribution in [3.8, 4) is 0 Å². The van der Waals surface area contributed by atoms with E-state index in [1.165, 1.54) is 18.2 Å². The number of nitrogens with one attached hydrogen (secondary N) is 2. The molecule has 0 unspecified atom stereocenters. The lowest BCUT2D eigenvalue weighted by Crippen LogP contribution is -2.15. The van der Waals surface area contributed by atoms with Crippen molar-refractivity contribution in [2.24, 2.45) is 0 Å². The van der Waals surface area contributed by atoms with Gasteiger partial charge in [0.05, 0.1) is 10.5 Å². The van der Waals surface area contributed by atoms with E-state index in [4.69, 9.17) is 0 Å². The minimum Gasteiger partial charge on any atom is -0.372 e. The lowest BCUT2D eigenvalue weighted by molar-refractivity contribution is -0.384. The Balaban J connectivity index is 2.28. The number of nitro groups is 1. The second-order valence-corrected chi connectivity index (χ2v) is 4.98. The summed E-state index contributed by atoms with van der Waals surface area (Å²) in [7, 11) is 1.65. The SMILES string of the molecule is CNc1ncc(Br)cc1C(=O)Nc1cccc([N+](=O)[O-])c1. The number of halogens is 1. The van der Waals surface area contributed by atoms with Crippen LogP contribution in [0.2, 0.25) is 0 Å². The Labute approximate surface area is 128 Å². The Morgan fingerprint density at radius 1 is 1.38 bits per heavy atom. The number of hydrogen-bond donors (Lipinski definition) is 2. The summed E-state index contributed by atoms with van der Waals surface area (Å²) in [6, 6.07) is 7.35. The number of aromatic nitrogens is 1. The summed E-state index contributed by atoms with van der Waals surface area (Å²) >= 11 is 3.25. The number of hydrogen-bond acceptors (Lipinski definition) is 5. The van der Waals surface area contributed by atoms with E-state index in [-0.39, 0.29) is 5.69 Å². The molecule has 1 aromatic carbocycles. The highest BCUT2D eigenvalue weighted by molar-refractivity contribution is 9.10. The van der Waals surface area contributed by atoms with Gasteiger partial charge in [-0.05, 0) is 28.1 Å². The number of anilines is 2. The van der Waals surface area contributed by atoms with Gasteiger partial charge in [-0.15, -0.1) is 0 Å². The number of carbonyl (C=O) groups is 1. The fraction of sp³-hybridized carbons (Fsp3) is 0.0769. The van der Waals surface area contributed by atoms with Crippen molar-refractivity contribution in [3.63, 3.8) is 0 Å². The minimum atomic E-state index is -0.519. The summed E-state index contributed by atoms with van der Waals surface area (Å²) in [6.07, 6.45) is 1.57. The molecule has 21 heavy (non-hydrogen) atoms. The van der Waals surface area contributed by atoms with Gasteiger partial charge in [0.25, 0.3) is 11.6 Å². The molecule has 0 fully saturated rings. The monoisotopic (exact) mass is 350 g/mol. The quantitative estimate of drug-likeness (QED) is 0.652. The van der Waals surface area contributed by atoms with Crippen molar-refractivity contribution in [2.75, 3.05) is 17.7 Å². The number of non-ortho nitro benzene ring substituents is 1. The number of benzene rings is 1. The van der Waals surface area contributed by atoms with Gasteiger partial charge in [0.1, 0.15) is 5.82 Å². The second kappa shape index (κ2) is 6.31. The van der Waals surface area contributed by atoms with Crippen LogP contribution in [-0.2, 0) is 0 Å². The molecule has 1 heterocycles. The summed E-state index contributed by atoms with van der Waals surface area (Å²) < 4.78 is 0.658. The Kier molecular flexibility index (Phi) is 4.49. The van der Waals surface area contributed by atoms with E-state index in [9.17, 15) is 14.9 Å². The zero-order valence-corrected chi connectivity index (χ0v) is 12.5. The first-order valence-corrected chi connectivity index (χ1v) is 6.69. The molecule has 2 rings (SSSR count). The molecule has 8 heteroatoms. The molecule has 0 aliphatic carbocycles. The summed E-state index contributed by atoms with van der Waals surface area (Å²) in [6.45, 7) is 0. The molecule has 0 atom stereocenters. The first-order valence-electron chi connectivity index (χ1n) is 5.90. The number of rotatable bonds is 4. The van der Waals surface area contributed by atoms with Gasteiger partial charge in [0.15, 0.2) is 0 Å². The third-order valence-corrected chi connectivity index (χ3v) is 3.08. The van der Waals surface area contributed by atoms with Crippen LogP contribution in [0.1, 0.15) is 10.4 Å². The van der Waals surface area contributed by atoms with Crippen molar-refractivity contribution in [2.45, 2.75) is 0 Å². The normalized spacial score (nSPS) is 10.0. The number of carbonyl (C=O) groups excluding carboxylic acids is 1. The Hall–Kier alpha value is -2.48. The molecule has 0 saturated heterocycles. The van der Waals surface area contributed by atoms with Crippen LogP contribution >= 0.6 is 15.9 Å². The molecule has 108 valence electrons. The molecule has 2 aromatic rings. The highest BCUT2D eigenvalue weighted by atomic mass is 79.9. The maximum absolute atomic E-state index is 12.2. The smallest absolute Gasteiger partial charge is 0.271 e. The minimum absolute atomic E-state index is 0.0889. The largest absolute Gasteiger partial charge is 0.372 e. The van der Waals surface area contributed by atoms with Gasteiger partial charge in [-0.25, -0.2) is 4.98 Å². The number of amides is 1. The lowest BCUT2D eigenvalue weighted by atomic mass is 10.2. The molecule has 0 bridgehead atoms. The van der Waals surface area contributed by atoms with Crippen LogP contribution in [0, 0.1) is 10.1 Å². The predicted molar refractivity (Wildman–Crippen MR) is 82.5 cm³/mol. The molecule has 0 aliphatic heterocycles. The number of nitrogens with zero attached hydrogens (tertiary/aromatic N) is 2. The van der Waals surface area contributed by atoms with Gasteiger partial charge in [-0.1, -0.05) is 6.07 Å². The standard InChI is InChI=1S/C13H11BrN4O3/c1-15-12-11(5-8(14)7-16-12)13(19)17-9-3-2-4-10(6-9)18(20)21/h2-7H,1H3,(H,15,16)(H,17,19). The van der Waals surface area contributed by atoms with Gasteiger partial charge >= 0.3 is 0 Å². The van der Waals surface area contributed by atoms with E-state index in [1.807, 2.05) is 0 Å². The van der Waals surface area contributed by atoms with Crippen molar-refractivity contribution >= 4 is 39.0 Å². The fourth-order valence-electron chi connectivity index (χ4n) is 1.71. The summed E-state index contributed by atoms with van der Waals surface area (Å²) in [5.41, 5.74) is 0.587. The lowest BCUT2D eigenvalue weighted by Gasteiger charge is -2.09. The predicted octanol–water partition coefficient (Wildman–Crippen LogP) is 3.05. The highest BCUT2D eigenvalue weighted by Crippen LogP contribution is 2.21. The first-order chi connectivity index (χ1) is 10.0. The first kappa shape index (κ1) is 14.9. The van der Waals surface area contributed by atoms with E-state index < -0.39 is 10.8 Å². The van der Waals surface area contributed by atoms with E-state index in [0.717, 1.165) is 0 Å². The molecule has 0 aliphatic rings.